The molecule has 2 aromatic carbocycles. The summed E-state index contributed by atoms with van der Waals surface area (Å²) in [6, 6.07) is 15.8. The molecule has 3 aromatic rings. The van der Waals surface area contributed by atoms with Crippen molar-refractivity contribution in [2.75, 3.05) is 5.75 Å². The van der Waals surface area contributed by atoms with Crippen LogP contribution in [0.3, 0.4) is 0 Å². The molecule has 0 aliphatic heterocycles. The van der Waals surface area contributed by atoms with Crippen LogP contribution in [0.4, 0.5) is 4.39 Å². The second-order valence-electron chi connectivity index (χ2n) is 8.02. The van der Waals surface area contributed by atoms with E-state index in [1.54, 1.807) is 41.0 Å². The summed E-state index contributed by atoms with van der Waals surface area (Å²) < 4.78 is 16.3. The van der Waals surface area contributed by atoms with Crippen LogP contribution >= 0.6 is 23.4 Å². The first-order valence-corrected chi connectivity index (χ1v) is 12.2. The van der Waals surface area contributed by atoms with Gasteiger partial charge in [0.25, 0.3) is 0 Å². The molecule has 6 nitrogen and oxygen atoms in total. The van der Waals surface area contributed by atoms with Gasteiger partial charge in [0.1, 0.15) is 11.4 Å². The first kappa shape index (κ1) is 23.3. The molecule has 0 spiro atoms. The van der Waals surface area contributed by atoms with Crippen molar-refractivity contribution in [2.45, 2.75) is 49.2 Å². The molecule has 33 heavy (non-hydrogen) atoms. The summed E-state index contributed by atoms with van der Waals surface area (Å²) in [6.45, 7) is 0. The van der Waals surface area contributed by atoms with Gasteiger partial charge in [0.05, 0.1) is 22.5 Å². The number of nitriles is 1. The Kier molecular flexibility index (Phi) is 7.31. The van der Waals surface area contributed by atoms with Crippen LogP contribution in [0.1, 0.15) is 38.5 Å². The summed E-state index contributed by atoms with van der Waals surface area (Å²) in [4.78, 5) is 12.8. The molecular weight excluding hydrogens is 461 g/mol. The van der Waals surface area contributed by atoms with Crippen LogP contribution in [0.25, 0.3) is 17.1 Å². The monoisotopic (exact) mass is 483 g/mol. The lowest BCUT2D eigenvalue weighted by atomic mass is 9.92. The number of nitrogens with one attached hydrogen (secondary N) is 1. The first-order chi connectivity index (χ1) is 16.0. The van der Waals surface area contributed by atoms with Gasteiger partial charge in [0.15, 0.2) is 11.0 Å². The van der Waals surface area contributed by atoms with Crippen LogP contribution in [0.2, 0.25) is 5.02 Å². The Morgan fingerprint density at radius 1 is 1.12 bits per heavy atom. The van der Waals surface area contributed by atoms with Crippen LogP contribution in [0, 0.1) is 17.1 Å². The molecule has 9 heteroatoms. The van der Waals surface area contributed by atoms with E-state index in [0.29, 0.717) is 34.4 Å². The van der Waals surface area contributed by atoms with Crippen LogP contribution in [0.15, 0.2) is 53.7 Å². The van der Waals surface area contributed by atoms with Gasteiger partial charge < -0.3 is 5.32 Å². The van der Waals surface area contributed by atoms with Gasteiger partial charge in [-0.25, -0.2) is 4.39 Å². The number of hydrogen-bond acceptors (Lipinski definition) is 5. The Morgan fingerprint density at radius 3 is 2.52 bits per heavy atom. The maximum atomic E-state index is 14.7. The normalized spacial score (nSPS) is 15.4. The molecule has 1 N–H and O–H groups in total. The number of rotatable bonds is 6. The lowest BCUT2D eigenvalue weighted by molar-refractivity contribution is -0.120. The van der Waals surface area contributed by atoms with E-state index in [2.05, 4.69) is 21.6 Å². The molecular formula is C24H23ClFN5OS. The third kappa shape index (κ3) is 5.21. The highest BCUT2D eigenvalue weighted by Crippen LogP contribution is 2.33. The third-order valence-electron chi connectivity index (χ3n) is 5.72. The average Bonchev–Trinajstić information content (AvgIpc) is 3.09. The number of amides is 1. The van der Waals surface area contributed by atoms with Crippen LogP contribution in [0.5, 0.6) is 0 Å². The zero-order valence-electron chi connectivity index (χ0n) is 17.9. The molecule has 1 heterocycles. The molecule has 0 unspecified atom stereocenters. The Hall–Kier alpha value is -2.89. The second-order valence-corrected chi connectivity index (χ2v) is 9.37. The fourth-order valence-electron chi connectivity index (χ4n) is 4.06. The van der Waals surface area contributed by atoms with E-state index in [1.165, 1.54) is 6.07 Å². The molecule has 170 valence electrons. The molecule has 4 rings (SSSR count). The third-order valence-corrected chi connectivity index (χ3v) is 6.98. The summed E-state index contributed by atoms with van der Waals surface area (Å²) in [5.41, 5.74) is 0.0431. The zero-order chi connectivity index (χ0) is 23.3. The molecule has 1 saturated carbocycles. The van der Waals surface area contributed by atoms with E-state index in [-0.39, 0.29) is 17.3 Å². The number of aromatic nitrogens is 3. The summed E-state index contributed by atoms with van der Waals surface area (Å²) in [6.07, 6.45) is 5.30. The molecule has 0 saturated heterocycles. The molecule has 1 amide bonds. The highest BCUT2D eigenvalue weighted by Gasteiger charge is 2.32. The summed E-state index contributed by atoms with van der Waals surface area (Å²) in [7, 11) is 0. The fraction of sp³-hybridized carbons (Fsp3) is 0.333. The highest BCUT2D eigenvalue weighted by atomic mass is 35.5. The smallest absolute Gasteiger partial charge is 0.231 e. The standard InChI is InChI=1S/C24H23ClFN5OS/c25-18-10-4-3-9-17(18)22-29-30-23(31(22)20-12-6-5-11-19(20)26)33-15-21(32)28-24(16-27)13-7-1-2-8-14-24/h3-6,9-12H,1-2,7-8,13-15H2,(H,28,32). The van der Waals surface area contributed by atoms with Crippen molar-refractivity contribution >= 4 is 29.3 Å². The zero-order valence-corrected chi connectivity index (χ0v) is 19.5. The molecule has 1 fully saturated rings. The molecule has 1 aromatic heterocycles. The lowest BCUT2D eigenvalue weighted by Gasteiger charge is -2.26. The maximum Gasteiger partial charge on any atom is 0.231 e. The fourth-order valence-corrected chi connectivity index (χ4v) is 5.03. The van der Waals surface area contributed by atoms with Crippen molar-refractivity contribution in [3.63, 3.8) is 0 Å². The van der Waals surface area contributed by atoms with E-state index in [4.69, 9.17) is 11.6 Å². The lowest BCUT2D eigenvalue weighted by Crippen LogP contribution is -2.47. The highest BCUT2D eigenvalue weighted by molar-refractivity contribution is 7.99. The molecule has 0 atom stereocenters. The van der Waals surface area contributed by atoms with Crippen molar-refractivity contribution in [1.29, 1.82) is 5.26 Å². The van der Waals surface area contributed by atoms with E-state index in [9.17, 15) is 14.4 Å². The number of para-hydroxylation sites is 1. The summed E-state index contributed by atoms with van der Waals surface area (Å²) in [5.74, 6) is -0.297. The number of carbonyl (C=O) groups excluding carboxylic acids is 1. The Morgan fingerprint density at radius 2 is 1.82 bits per heavy atom. The van der Waals surface area contributed by atoms with E-state index < -0.39 is 11.4 Å². The Bertz CT molecular complexity index is 1180. The van der Waals surface area contributed by atoms with E-state index in [0.717, 1.165) is 37.4 Å². The number of carbonyl (C=O) groups is 1. The molecule has 1 aliphatic rings. The SMILES string of the molecule is N#CC1(NC(=O)CSc2nnc(-c3ccccc3Cl)n2-c2ccccc2F)CCCCCC1. The van der Waals surface area contributed by atoms with Gasteiger partial charge in [-0.1, -0.05) is 73.3 Å². The van der Waals surface area contributed by atoms with Crippen molar-refractivity contribution < 1.29 is 9.18 Å². The number of halogens is 2. The van der Waals surface area contributed by atoms with Gasteiger partial charge in [0.2, 0.25) is 5.91 Å². The van der Waals surface area contributed by atoms with Crippen LogP contribution in [-0.4, -0.2) is 32.0 Å². The van der Waals surface area contributed by atoms with Gasteiger partial charge in [-0.3, -0.25) is 9.36 Å². The number of benzene rings is 2. The first-order valence-electron chi connectivity index (χ1n) is 10.8. The summed E-state index contributed by atoms with van der Waals surface area (Å²) >= 11 is 7.51. The predicted octanol–water partition coefficient (Wildman–Crippen LogP) is 5.55. The van der Waals surface area contributed by atoms with Crippen molar-refractivity contribution in [2.24, 2.45) is 0 Å². The summed E-state index contributed by atoms with van der Waals surface area (Å²) in [5, 5.41) is 22.0. The van der Waals surface area contributed by atoms with Gasteiger partial charge in [-0.2, -0.15) is 5.26 Å². The number of nitrogens with zero attached hydrogens (tertiary/aromatic N) is 4. The van der Waals surface area contributed by atoms with Crippen molar-refractivity contribution in [3.05, 3.63) is 59.4 Å². The number of thioether (sulfide) groups is 1. The van der Waals surface area contributed by atoms with Crippen LogP contribution < -0.4 is 5.32 Å². The quantitative estimate of drug-likeness (QED) is 0.367. The van der Waals surface area contributed by atoms with Crippen molar-refractivity contribution in [1.82, 2.24) is 20.1 Å². The average molecular weight is 484 g/mol. The predicted molar refractivity (Wildman–Crippen MR) is 127 cm³/mol. The Labute approximate surface area is 201 Å². The largest absolute Gasteiger partial charge is 0.337 e. The molecule has 0 radical (unpaired) electrons. The van der Waals surface area contributed by atoms with Crippen molar-refractivity contribution in [3.8, 4) is 23.1 Å². The molecule has 1 aliphatic carbocycles. The molecule has 0 bridgehead atoms. The van der Waals surface area contributed by atoms with Gasteiger partial charge in [-0.05, 0) is 37.1 Å². The van der Waals surface area contributed by atoms with E-state index >= 15 is 0 Å². The minimum Gasteiger partial charge on any atom is -0.337 e. The maximum absolute atomic E-state index is 14.7. The minimum absolute atomic E-state index is 0.0263. The van der Waals surface area contributed by atoms with Crippen LogP contribution in [-0.2, 0) is 4.79 Å². The minimum atomic E-state index is -0.823. The van der Waals surface area contributed by atoms with Gasteiger partial charge in [0, 0.05) is 5.56 Å². The van der Waals surface area contributed by atoms with E-state index in [1.807, 2.05) is 6.07 Å². The second kappa shape index (κ2) is 10.4. The Balaban J connectivity index is 1.61. The van der Waals surface area contributed by atoms with Gasteiger partial charge in [-0.15, -0.1) is 10.2 Å². The number of hydrogen-bond donors (Lipinski definition) is 1. The van der Waals surface area contributed by atoms with Gasteiger partial charge >= 0.3 is 0 Å². The topological polar surface area (TPSA) is 83.6 Å².